The van der Waals surface area contributed by atoms with Gasteiger partial charge in [0, 0.05) is 60.8 Å². The quantitative estimate of drug-likeness (QED) is 0.155. The fourth-order valence-electron chi connectivity index (χ4n) is 16.9. The van der Waals surface area contributed by atoms with Crippen LogP contribution in [-0.4, -0.2) is 16.8 Å². The van der Waals surface area contributed by atoms with Crippen molar-refractivity contribution in [1.29, 1.82) is 0 Å². The van der Waals surface area contributed by atoms with E-state index in [0.717, 1.165) is 51.8 Å². The molecule has 0 bridgehead atoms. The summed E-state index contributed by atoms with van der Waals surface area (Å²) in [7, 11) is 0. The first kappa shape index (κ1) is 49.8. The largest absolute Gasteiger partial charge is 0.454 e. The Morgan fingerprint density at radius 1 is 0.536 bits per heavy atom. The second-order valence-corrected chi connectivity index (χ2v) is 27.2. The van der Waals surface area contributed by atoms with E-state index in [2.05, 4.69) is 277 Å². The monoisotopic (exact) mass is 1090 g/mol. The molecule has 1 fully saturated rings. The number of aromatic nitrogens is 1. The first-order valence-corrected chi connectivity index (χ1v) is 30.7. The number of nitrogens with zero attached hydrogens (tertiary/aromatic N) is 3. The molecule has 0 saturated heterocycles. The van der Waals surface area contributed by atoms with Crippen LogP contribution in [0.4, 0.5) is 28.4 Å². The van der Waals surface area contributed by atoms with Crippen molar-refractivity contribution in [2.24, 2.45) is 0 Å². The Morgan fingerprint density at radius 2 is 1.23 bits per heavy atom. The van der Waals surface area contributed by atoms with Gasteiger partial charge in [-0.3, -0.25) is 0 Å². The summed E-state index contributed by atoms with van der Waals surface area (Å²) in [5.74, 6) is 0. The van der Waals surface area contributed by atoms with Gasteiger partial charge in [-0.25, -0.2) is 0 Å². The van der Waals surface area contributed by atoms with E-state index in [1.807, 2.05) is 0 Å². The highest BCUT2D eigenvalue weighted by atomic mass is 16.3. The minimum absolute atomic E-state index is 0.0339. The van der Waals surface area contributed by atoms with Gasteiger partial charge in [0.05, 0.1) is 22.6 Å². The van der Waals surface area contributed by atoms with Crippen LogP contribution in [-0.2, 0) is 16.2 Å². The molecule has 3 aliphatic heterocycles. The normalized spacial score (nSPS) is 18.5. The summed E-state index contributed by atoms with van der Waals surface area (Å²) < 4.78 is 9.87. The number of aryl methyl sites for hydroxylation is 2. The molecule has 17 rings (SSSR count). The number of hydrogen-bond donors (Lipinski definition) is 0. The Morgan fingerprint density at radius 3 is 2.01 bits per heavy atom. The van der Waals surface area contributed by atoms with Gasteiger partial charge in [-0.2, -0.15) is 0 Å². The molecule has 5 heteroatoms. The second-order valence-electron chi connectivity index (χ2n) is 27.2. The molecule has 10 aromatic carbocycles. The maximum atomic E-state index is 7.11. The third-order valence-corrected chi connectivity index (χ3v) is 21.2. The molecule has 0 amide bonds. The lowest BCUT2D eigenvalue weighted by Crippen LogP contribution is -2.64. The Bertz CT molecular complexity index is 4820. The zero-order chi connectivity index (χ0) is 56.9. The average molecular weight is 1090 g/mol. The van der Waals surface area contributed by atoms with Crippen LogP contribution in [0.5, 0.6) is 0 Å². The number of hydrogen-bond acceptors (Lipinski definition) is 3. The predicted molar refractivity (Wildman–Crippen MR) is 355 cm³/mol. The minimum Gasteiger partial charge on any atom is -0.454 e. The SMILES string of the molecule is Cc1ccc(C)c(-c2cc3c4c(c2)C2(C)CCCCC2(C)N4c2cc(N(c4ccc(-c5ccccc5-c5ccccc5)cc4)c4cccc5c4oc4ccccc45)cc4c2B3c2cc(C(C)(C)C)cc3c5c(n-4c23)-c2ccccc2C5(C)C)c1. The Balaban J connectivity index is 1.01. The maximum Gasteiger partial charge on any atom is 0.252 e. The Kier molecular flexibility index (Phi) is 10.2. The van der Waals surface area contributed by atoms with Crippen LogP contribution in [0.15, 0.2) is 205 Å². The van der Waals surface area contributed by atoms with Crippen LogP contribution in [0.25, 0.3) is 83.2 Å². The summed E-state index contributed by atoms with van der Waals surface area (Å²) in [6.45, 7) is 22.0. The van der Waals surface area contributed by atoms with Crippen LogP contribution in [0.2, 0.25) is 0 Å². The lowest BCUT2D eigenvalue weighted by Gasteiger charge is -2.52. The van der Waals surface area contributed by atoms with Crippen molar-refractivity contribution in [3.8, 4) is 50.3 Å². The molecule has 408 valence electrons. The molecule has 2 atom stereocenters. The second kappa shape index (κ2) is 17.2. The summed E-state index contributed by atoms with van der Waals surface area (Å²) in [5.41, 5.74) is 32.3. The number of furan rings is 1. The van der Waals surface area contributed by atoms with E-state index in [1.165, 1.54) is 135 Å². The standard InChI is InChI=1S/C79H68BN3O/c1-47-32-33-48(2)60(40-47)51-41-63-74-64(42-51)80-65-44-52(76(3,4)5)43-61-70-73(59-27-15-17-29-62(59)77(70,6)7)82(72(61)65)67-45-54(46-68(71(67)80)83(74)79(9)39-20-19-38-78(63,79)8)81(66-30-21-28-58-57-26-16-18-31-69(57)84-75(58)66)53-36-34-50(35-37-53)56-25-14-13-24-55(56)49-22-11-10-12-23-49/h10-18,21-37,40-46H,19-20,38-39H2,1-9H3. The molecule has 0 N–H and O–H groups in total. The van der Waals surface area contributed by atoms with Crippen LogP contribution in [0, 0.1) is 13.8 Å². The Hall–Kier alpha value is -8.80. The molecule has 0 radical (unpaired) electrons. The van der Waals surface area contributed by atoms with Crippen molar-refractivity contribution < 1.29 is 4.42 Å². The fourth-order valence-corrected chi connectivity index (χ4v) is 16.9. The van der Waals surface area contributed by atoms with Crippen molar-refractivity contribution >= 4 is 84.4 Å². The van der Waals surface area contributed by atoms with Crippen LogP contribution in [0.1, 0.15) is 108 Å². The summed E-state index contributed by atoms with van der Waals surface area (Å²) in [6, 6.07) is 76.3. The van der Waals surface area contributed by atoms with Crippen molar-refractivity contribution in [3.63, 3.8) is 0 Å². The zero-order valence-electron chi connectivity index (χ0n) is 49.7. The predicted octanol–water partition coefficient (Wildman–Crippen LogP) is 19.1. The lowest BCUT2D eigenvalue weighted by atomic mass is 9.33. The molecule has 1 saturated carbocycles. The molecule has 5 heterocycles. The summed E-state index contributed by atoms with van der Waals surface area (Å²) in [4.78, 5) is 5.45. The summed E-state index contributed by atoms with van der Waals surface area (Å²) in [6.07, 6.45) is 4.64. The zero-order valence-corrected chi connectivity index (χ0v) is 49.7. The van der Waals surface area contributed by atoms with Gasteiger partial charge in [-0.15, -0.1) is 0 Å². The highest BCUT2D eigenvalue weighted by Crippen LogP contribution is 2.63. The molecule has 5 aliphatic rings. The first-order chi connectivity index (χ1) is 40.6. The van der Waals surface area contributed by atoms with Crippen molar-refractivity contribution in [1.82, 2.24) is 4.57 Å². The van der Waals surface area contributed by atoms with Gasteiger partial charge in [0.15, 0.2) is 5.58 Å². The van der Waals surface area contributed by atoms with Gasteiger partial charge in [0.1, 0.15) is 5.58 Å². The molecular weight excluding hydrogens is 1020 g/mol. The number of rotatable bonds is 6. The molecule has 2 unspecified atom stereocenters. The van der Waals surface area contributed by atoms with E-state index in [1.54, 1.807) is 0 Å². The van der Waals surface area contributed by atoms with Crippen molar-refractivity contribution in [2.75, 3.05) is 9.80 Å². The van der Waals surface area contributed by atoms with E-state index in [9.17, 15) is 0 Å². The summed E-state index contributed by atoms with van der Waals surface area (Å²) in [5, 5.41) is 3.60. The fraction of sp³-hybridized carbons (Fsp3) is 0.215. The average Bonchev–Trinajstić information content (AvgIpc) is 1.47. The highest BCUT2D eigenvalue weighted by Gasteiger charge is 2.62. The molecule has 84 heavy (non-hydrogen) atoms. The first-order valence-electron chi connectivity index (χ1n) is 30.7. The van der Waals surface area contributed by atoms with Gasteiger partial charge in [-0.05, 0) is 165 Å². The van der Waals surface area contributed by atoms with E-state index in [4.69, 9.17) is 4.42 Å². The van der Waals surface area contributed by atoms with E-state index in [-0.39, 0.29) is 28.5 Å². The lowest BCUT2D eigenvalue weighted by molar-refractivity contribution is 0.195. The topological polar surface area (TPSA) is 24.6 Å². The van der Waals surface area contributed by atoms with Crippen LogP contribution < -0.4 is 26.2 Å². The van der Waals surface area contributed by atoms with Gasteiger partial charge in [-0.1, -0.05) is 212 Å². The molecular formula is C79H68BN3O. The summed E-state index contributed by atoms with van der Waals surface area (Å²) >= 11 is 0. The van der Waals surface area contributed by atoms with E-state index in [0.29, 0.717) is 0 Å². The number of fused-ring (bicyclic) bond motifs is 15. The van der Waals surface area contributed by atoms with Crippen molar-refractivity contribution in [3.05, 3.63) is 234 Å². The molecule has 12 aromatic rings. The maximum absolute atomic E-state index is 7.11. The third kappa shape index (κ3) is 6.56. The molecule has 2 aliphatic carbocycles. The van der Waals surface area contributed by atoms with Gasteiger partial charge in [0.2, 0.25) is 0 Å². The van der Waals surface area contributed by atoms with E-state index >= 15 is 0 Å². The Labute approximate surface area is 494 Å². The number of anilines is 5. The highest BCUT2D eigenvalue weighted by molar-refractivity contribution is 7.00. The number of benzene rings is 10. The van der Waals surface area contributed by atoms with Crippen LogP contribution >= 0.6 is 0 Å². The molecule has 4 nitrogen and oxygen atoms in total. The van der Waals surface area contributed by atoms with Gasteiger partial charge >= 0.3 is 0 Å². The number of para-hydroxylation sites is 2. The molecule has 2 aromatic heterocycles. The smallest absolute Gasteiger partial charge is 0.252 e. The van der Waals surface area contributed by atoms with Gasteiger partial charge < -0.3 is 18.8 Å². The minimum atomic E-state index is -0.247. The van der Waals surface area contributed by atoms with Crippen molar-refractivity contribution in [2.45, 2.75) is 110 Å². The third-order valence-electron chi connectivity index (χ3n) is 21.2. The van der Waals surface area contributed by atoms with E-state index < -0.39 is 0 Å². The van der Waals surface area contributed by atoms with Crippen LogP contribution in [0.3, 0.4) is 0 Å². The molecule has 0 spiro atoms. The van der Waals surface area contributed by atoms with Gasteiger partial charge in [0.25, 0.3) is 6.71 Å².